The van der Waals surface area contributed by atoms with E-state index in [0.29, 0.717) is 44.1 Å². The van der Waals surface area contributed by atoms with E-state index in [1.54, 1.807) is 26.8 Å². The average Bonchev–Trinajstić information content (AvgIpc) is 2.89. The molecule has 7 nitrogen and oxygen atoms in total. The first kappa shape index (κ1) is 26.2. The molecule has 0 aromatic rings. The second kappa shape index (κ2) is 8.09. The second-order valence-corrected chi connectivity index (χ2v) is 13.3. The number of rotatable bonds is 5. The SMILES string of the molecule is CC(C)(O)CCC[C@](C)(O)[C@H]1[C@H](O)C[C@@]2(O)C3=CC(=O)[C@@H]4C[C@@H](O)[C@@H](O)C[C@]4(C)[C@H]3CC[C@]12C. The van der Waals surface area contributed by atoms with Gasteiger partial charge >= 0.3 is 0 Å². The lowest BCUT2D eigenvalue weighted by atomic mass is 9.45. The summed E-state index contributed by atoms with van der Waals surface area (Å²) in [5, 5.41) is 65.7. The molecule has 6 N–H and O–H groups in total. The molecule has 7 heteroatoms. The number of carbonyl (C=O) groups excluding carboxylic acids is 1. The Morgan fingerprint density at radius 1 is 0.971 bits per heavy atom. The quantitative estimate of drug-likeness (QED) is 0.353. The minimum Gasteiger partial charge on any atom is -0.393 e. The van der Waals surface area contributed by atoms with Gasteiger partial charge in [0.2, 0.25) is 0 Å². The minimum absolute atomic E-state index is 0.0529. The molecule has 3 saturated carbocycles. The van der Waals surface area contributed by atoms with Gasteiger partial charge in [-0.25, -0.2) is 0 Å². The third kappa shape index (κ3) is 3.82. The van der Waals surface area contributed by atoms with Gasteiger partial charge in [-0.15, -0.1) is 0 Å². The van der Waals surface area contributed by atoms with Gasteiger partial charge in [0.05, 0.1) is 35.1 Å². The summed E-state index contributed by atoms with van der Waals surface area (Å²) in [6.45, 7) is 9.09. The maximum absolute atomic E-state index is 13.3. The predicted octanol–water partition coefficient (Wildman–Crippen LogP) is 1.85. The number of fused-ring (bicyclic) bond motifs is 5. The summed E-state index contributed by atoms with van der Waals surface area (Å²) in [5.74, 6) is -1.26. The molecule has 0 heterocycles. The highest BCUT2D eigenvalue weighted by Crippen LogP contribution is 2.68. The van der Waals surface area contributed by atoms with Crippen LogP contribution in [0.3, 0.4) is 0 Å². The van der Waals surface area contributed by atoms with Crippen molar-refractivity contribution in [3.8, 4) is 0 Å². The van der Waals surface area contributed by atoms with Crippen molar-refractivity contribution in [3.05, 3.63) is 11.6 Å². The molecular formula is C27H44O7. The van der Waals surface area contributed by atoms with E-state index >= 15 is 0 Å². The van der Waals surface area contributed by atoms with E-state index in [2.05, 4.69) is 0 Å². The number of aliphatic hydroxyl groups excluding tert-OH is 3. The molecule has 0 aromatic heterocycles. The number of hydrogen-bond donors (Lipinski definition) is 6. The Bertz CT molecular complexity index is 860. The molecule has 0 radical (unpaired) electrons. The molecule has 0 spiro atoms. The van der Waals surface area contributed by atoms with Gasteiger partial charge in [0, 0.05) is 23.7 Å². The fraction of sp³-hybridized carbons (Fsp3) is 0.889. The molecule has 0 amide bonds. The normalized spacial score (nSPS) is 48.4. The zero-order chi connectivity index (χ0) is 25.5. The third-order valence-electron chi connectivity index (χ3n) is 10.3. The maximum atomic E-state index is 13.3. The lowest BCUT2D eigenvalue weighted by molar-refractivity contribution is -0.163. The van der Waals surface area contributed by atoms with Crippen LogP contribution in [-0.2, 0) is 4.79 Å². The molecule has 34 heavy (non-hydrogen) atoms. The molecule has 0 aliphatic heterocycles. The van der Waals surface area contributed by atoms with Crippen molar-refractivity contribution in [1.82, 2.24) is 0 Å². The molecule has 3 fully saturated rings. The summed E-state index contributed by atoms with van der Waals surface area (Å²) in [4.78, 5) is 13.3. The fourth-order valence-electron chi connectivity index (χ4n) is 8.55. The van der Waals surface area contributed by atoms with Crippen molar-refractivity contribution < 1.29 is 35.4 Å². The Balaban J connectivity index is 1.68. The Kier molecular flexibility index (Phi) is 6.24. The number of carbonyl (C=O) groups is 1. The molecule has 0 unspecified atom stereocenters. The van der Waals surface area contributed by atoms with Gasteiger partial charge in [-0.05, 0) is 88.7 Å². The fourth-order valence-corrected chi connectivity index (χ4v) is 8.55. The van der Waals surface area contributed by atoms with Gasteiger partial charge in [0.25, 0.3) is 0 Å². The summed E-state index contributed by atoms with van der Waals surface area (Å²) in [7, 11) is 0. The van der Waals surface area contributed by atoms with Crippen LogP contribution in [0.25, 0.3) is 0 Å². The van der Waals surface area contributed by atoms with E-state index in [9.17, 15) is 35.4 Å². The molecule has 0 bridgehead atoms. The summed E-state index contributed by atoms with van der Waals surface area (Å²) < 4.78 is 0. The van der Waals surface area contributed by atoms with Crippen molar-refractivity contribution in [2.45, 2.75) is 121 Å². The van der Waals surface area contributed by atoms with Crippen LogP contribution >= 0.6 is 0 Å². The molecule has 194 valence electrons. The van der Waals surface area contributed by atoms with E-state index in [1.807, 2.05) is 13.8 Å². The van der Waals surface area contributed by atoms with Crippen LogP contribution in [0.5, 0.6) is 0 Å². The molecule has 0 aromatic carbocycles. The van der Waals surface area contributed by atoms with E-state index in [0.717, 1.165) is 0 Å². The molecule has 4 aliphatic carbocycles. The van der Waals surface area contributed by atoms with Gasteiger partial charge in [0.1, 0.15) is 0 Å². The first-order chi connectivity index (χ1) is 15.5. The zero-order valence-electron chi connectivity index (χ0n) is 21.3. The van der Waals surface area contributed by atoms with Crippen LogP contribution in [0.1, 0.15) is 86.0 Å². The minimum atomic E-state index is -1.44. The van der Waals surface area contributed by atoms with Crippen molar-refractivity contribution in [1.29, 1.82) is 0 Å². The van der Waals surface area contributed by atoms with Gasteiger partial charge < -0.3 is 30.6 Å². The number of allylic oxidation sites excluding steroid dienone is 1. The summed E-state index contributed by atoms with van der Waals surface area (Å²) >= 11 is 0. The van der Waals surface area contributed by atoms with Crippen LogP contribution in [0.15, 0.2) is 11.6 Å². The zero-order valence-corrected chi connectivity index (χ0v) is 21.3. The smallest absolute Gasteiger partial charge is 0.159 e. The lowest BCUT2D eigenvalue weighted by Gasteiger charge is -2.60. The van der Waals surface area contributed by atoms with Gasteiger partial charge in [-0.2, -0.15) is 0 Å². The van der Waals surface area contributed by atoms with Crippen LogP contribution < -0.4 is 0 Å². The average molecular weight is 481 g/mol. The third-order valence-corrected chi connectivity index (χ3v) is 10.3. The van der Waals surface area contributed by atoms with E-state index in [1.165, 1.54) is 0 Å². The first-order valence-corrected chi connectivity index (χ1v) is 12.9. The molecule has 0 saturated heterocycles. The Morgan fingerprint density at radius 2 is 1.62 bits per heavy atom. The van der Waals surface area contributed by atoms with Crippen molar-refractivity contribution in [3.63, 3.8) is 0 Å². The number of hydrogen-bond acceptors (Lipinski definition) is 7. The van der Waals surface area contributed by atoms with Crippen molar-refractivity contribution >= 4 is 5.78 Å². The van der Waals surface area contributed by atoms with Gasteiger partial charge in [-0.3, -0.25) is 4.79 Å². The predicted molar refractivity (Wildman–Crippen MR) is 127 cm³/mol. The Hall–Kier alpha value is -0.830. The lowest BCUT2D eigenvalue weighted by Crippen LogP contribution is -2.62. The second-order valence-electron chi connectivity index (χ2n) is 13.3. The summed E-state index contributed by atoms with van der Waals surface area (Å²) in [6.07, 6.45) is 2.07. The topological polar surface area (TPSA) is 138 Å². The molecular weight excluding hydrogens is 436 g/mol. The maximum Gasteiger partial charge on any atom is 0.159 e. The van der Waals surface area contributed by atoms with Crippen LogP contribution in [0.4, 0.5) is 0 Å². The monoisotopic (exact) mass is 480 g/mol. The van der Waals surface area contributed by atoms with Crippen LogP contribution in [0, 0.1) is 28.6 Å². The highest BCUT2D eigenvalue weighted by molar-refractivity contribution is 5.95. The van der Waals surface area contributed by atoms with Crippen LogP contribution in [-0.4, -0.2) is 71.5 Å². The standard InChI is InChI=1S/C27H44O7/c1-23(2,32)8-6-9-26(5,33)22-21(31)14-27(34)16-11-18(28)17-12-19(29)20(30)13-24(17,3)15(16)7-10-25(22,27)4/h11,15,17,19-22,29-34H,6-10,12-14H2,1-5H3/t15-,17-,19+,20-,21+,22-,24+,25+,26-,27+/m0/s1. The summed E-state index contributed by atoms with van der Waals surface area (Å²) in [5.41, 5.74) is -4.32. The number of aliphatic hydroxyl groups is 6. The Morgan fingerprint density at radius 3 is 2.24 bits per heavy atom. The first-order valence-electron chi connectivity index (χ1n) is 12.9. The largest absolute Gasteiger partial charge is 0.393 e. The Labute approximate surface area is 202 Å². The van der Waals surface area contributed by atoms with E-state index < -0.39 is 57.8 Å². The van der Waals surface area contributed by atoms with E-state index in [-0.39, 0.29) is 24.5 Å². The van der Waals surface area contributed by atoms with Gasteiger partial charge in [-0.1, -0.05) is 13.8 Å². The molecule has 4 aliphatic rings. The summed E-state index contributed by atoms with van der Waals surface area (Å²) in [6, 6.07) is 0. The van der Waals surface area contributed by atoms with E-state index in [4.69, 9.17) is 0 Å². The molecule has 4 rings (SSSR count). The number of ketones is 1. The highest BCUT2D eigenvalue weighted by Gasteiger charge is 2.70. The van der Waals surface area contributed by atoms with Crippen molar-refractivity contribution in [2.75, 3.05) is 0 Å². The van der Waals surface area contributed by atoms with Crippen LogP contribution in [0.2, 0.25) is 0 Å². The molecule has 10 atom stereocenters. The van der Waals surface area contributed by atoms with Crippen molar-refractivity contribution in [2.24, 2.45) is 28.6 Å². The highest BCUT2D eigenvalue weighted by atomic mass is 16.3. The van der Waals surface area contributed by atoms with Gasteiger partial charge in [0.15, 0.2) is 5.78 Å².